The van der Waals surface area contributed by atoms with E-state index in [0.29, 0.717) is 12.0 Å². The van der Waals surface area contributed by atoms with Crippen molar-refractivity contribution >= 4 is 17.9 Å². The summed E-state index contributed by atoms with van der Waals surface area (Å²) in [5, 5.41) is 9.21. The molecule has 0 radical (unpaired) electrons. The number of carbonyl (C=O) groups excluding carboxylic acids is 2. The highest BCUT2D eigenvalue weighted by Gasteiger charge is 2.48. The van der Waals surface area contributed by atoms with Gasteiger partial charge in [-0.05, 0) is 24.6 Å². The number of rotatable bonds is 3. The van der Waals surface area contributed by atoms with Gasteiger partial charge in [-0.3, -0.25) is 9.59 Å². The van der Waals surface area contributed by atoms with Gasteiger partial charge in [0.1, 0.15) is 23.0 Å². The third kappa shape index (κ3) is 3.20. The predicted molar refractivity (Wildman–Crippen MR) is 101 cm³/mol. The number of hydrogen-bond acceptors (Lipinski definition) is 4. The number of carbonyl (C=O) groups is 2. The Morgan fingerprint density at radius 1 is 1.15 bits per heavy atom. The lowest BCUT2D eigenvalue weighted by Gasteiger charge is -2.45. The standard InChI is InChI=1S/C21H20N4O2/c1-21(13-15-8-5-4-6-9-15)20(27)24(2)18(19(26)25(21)3)12-16-10-7-11-23-17(16)14-22/h4-12H,13H2,1-3H3/t21-/m0/s1. The molecule has 1 aliphatic rings. The van der Waals surface area contributed by atoms with Crippen LogP contribution < -0.4 is 0 Å². The second-order valence-corrected chi connectivity index (χ2v) is 6.75. The molecule has 2 amide bonds. The molecule has 1 aromatic carbocycles. The van der Waals surface area contributed by atoms with Crippen molar-refractivity contribution in [1.29, 1.82) is 5.26 Å². The molecule has 6 heteroatoms. The Morgan fingerprint density at radius 3 is 2.52 bits per heavy atom. The number of amides is 2. The first-order valence-corrected chi connectivity index (χ1v) is 8.55. The van der Waals surface area contributed by atoms with E-state index in [-0.39, 0.29) is 23.2 Å². The fourth-order valence-electron chi connectivity index (χ4n) is 3.27. The number of piperazine rings is 1. The highest BCUT2D eigenvalue weighted by Crippen LogP contribution is 2.31. The molecule has 1 saturated heterocycles. The number of likely N-dealkylation sites (N-methyl/N-ethyl adjacent to an activating group) is 2. The Balaban J connectivity index is 2.00. The molecule has 3 rings (SSSR count). The van der Waals surface area contributed by atoms with E-state index >= 15 is 0 Å². The topological polar surface area (TPSA) is 77.3 Å². The van der Waals surface area contributed by atoms with Crippen LogP contribution in [0.4, 0.5) is 0 Å². The summed E-state index contributed by atoms with van der Waals surface area (Å²) in [5.74, 6) is -0.453. The maximum Gasteiger partial charge on any atom is 0.271 e. The van der Waals surface area contributed by atoms with Crippen molar-refractivity contribution in [3.63, 3.8) is 0 Å². The van der Waals surface area contributed by atoms with Crippen LogP contribution in [0, 0.1) is 11.3 Å². The molecule has 27 heavy (non-hydrogen) atoms. The Morgan fingerprint density at radius 2 is 1.85 bits per heavy atom. The average Bonchev–Trinajstić information content (AvgIpc) is 2.69. The first kappa shape index (κ1) is 18.3. The van der Waals surface area contributed by atoms with Gasteiger partial charge in [0.25, 0.3) is 11.8 Å². The Labute approximate surface area is 158 Å². The monoisotopic (exact) mass is 360 g/mol. The summed E-state index contributed by atoms with van der Waals surface area (Å²) < 4.78 is 0. The van der Waals surface area contributed by atoms with Crippen molar-refractivity contribution in [3.05, 3.63) is 71.2 Å². The minimum atomic E-state index is -0.989. The quantitative estimate of drug-likeness (QED) is 0.787. The maximum absolute atomic E-state index is 13.2. The van der Waals surface area contributed by atoms with Crippen LogP contribution in [0.3, 0.4) is 0 Å². The SMILES string of the molecule is CN1C(=O)[C@](C)(Cc2ccccc2)N(C)C(=O)C1=Cc1cccnc1C#N. The molecule has 0 saturated carbocycles. The number of benzene rings is 1. The van der Waals surface area contributed by atoms with E-state index < -0.39 is 5.54 Å². The van der Waals surface area contributed by atoms with Gasteiger partial charge < -0.3 is 9.80 Å². The van der Waals surface area contributed by atoms with Gasteiger partial charge in [-0.2, -0.15) is 5.26 Å². The Hall–Kier alpha value is -3.46. The summed E-state index contributed by atoms with van der Waals surface area (Å²) >= 11 is 0. The molecule has 1 fully saturated rings. The van der Waals surface area contributed by atoms with Gasteiger partial charge in [0.2, 0.25) is 0 Å². The van der Waals surface area contributed by atoms with E-state index in [4.69, 9.17) is 0 Å². The summed E-state index contributed by atoms with van der Waals surface area (Å²) in [4.78, 5) is 33.1. The third-order valence-electron chi connectivity index (χ3n) is 5.02. The molecule has 6 nitrogen and oxygen atoms in total. The van der Waals surface area contributed by atoms with Crippen LogP contribution >= 0.6 is 0 Å². The molecule has 0 N–H and O–H groups in total. The molecule has 2 aromatic rings. The van der Waals surface area contributed by atoms with Gasteiger partial charge in [-0.15, -0.1) is 0 Å². The lowest BCUT2D eigenvalue weighted by atomic mass is 9.87. The largest absolute Gasteiger partial charge is 0.326 e. The first-order valence-electron chi connectivity index (χ1n) is 8.55. The van der Waals surface area contributed by atoms with Crippen LogP contribution in [0.2, 0.25) is 0 Å². The van der Waals surface area contributed by atoms with Crippen molar-refractivity contribution in [2.45, 2.75) is 18.9 Å². The van der Waals surface area contributed by atoms with Gasteiger partial charge in [0.15, 0.2) is 0 Å². The molecule has 2 heterocycles. The van der Waals surface area contributed by atoms with E-state index in [0.717, 1.165) is 5.56 Å². The van der Waals surface area contributed by atoms with Crippen molar-refractivity contribution < 1.29 is 9.59 Å². The van der Waals surface area contributed by atoms with Crippen molar-refractivity contribution in [2.75, 3.05) is 14.1 Å². The molecule has 136 valence electrons. The van der Waals surface area contributed by atoms with Crippen LogP contribution in [0.1, 0.15) is 23.7 Å². The minimum absolute atomic E-state index is 0.179. The van der Waals surface area contributed by atoms with Crippen LogP contribution in [-0.4, -0.2) is 46.2 Å². The highest BCUT2D eigenvalue weighted by molar-refractivity contribution is 6.08. The molecule has 1 atom stereocenters. The van der Waals surface area contributed by atoms with E-state index in [1.165, 1.54) is 16.0 Å². The average molecular weight is 360 g/mol. The summed E-state index contributed by atoms with van der Waals surface area (Å²) in [6, 6.07) is 15.0. The van der Waals surface area contributed by atoms with Crippen molar-refractivity contribution in [3.8, 4) is 6.07 Å². The number of nitrogens with zero attached hydrogens (tertiary/aromatic N) is 4. The third-order valence-corrected chi connectivity index (χ3v) is 5.02. The van der Waals surface area contributed by atoms with Crippen LogP contribution in [0.5, 0.6) is 0 Å². The fraction of sp³-hybridized carbons (Fsp3) is 0.238. The number of pyridine rings is 1. The fourth-order valence-corrected chi connectivity index (χ4v) is 3.27. The summed E-state index contributed by atoms with van der Waals surface area (Å²) in [6.07, 6.45) is 3.48. The van der Waals surface area contributed by atoms with Gasteiger partial charge in [0.05, 0.1) is 0 Å². The van der Waals surface area contributed by atoms with Gasteiger partial charge in [-0.25, -0.2) is 4.98 Å². The lowest BCUT2D eigenvalue weighted by Crippen LogP contribution is -2.64. The van der Waals surface area contributed by atoms with Gasteiger partial charge in [0, 0.05) is 32.3 Å². The number of nitriles is 1. The van der Waals surface area contributed by atoms with E-state index in [2.05, 4.69) is 4.98 Å². The summed E-state index contributed by atoms with van der Waals surface area (Å²) in [6.45, 7) is 1.78. The molecule has 0 aliphatic carbocycles. The zero-order valence-electron chi connectivity index (χ0n) is 15.5. The lowest BCUT2D eigenvalue weighted by molar-refractivity contribution is -0.155. The maximum atomic E-state index is 13.2. The summed E-state index contributed by atoms with van der Waals surface area (Å²) in [7, 11) is 3.23. The molecule has 0 spiro atoms. The molecular formula is C21H20N4O2. The smallest absolute Gasteiger partial charge is 0.271 e. The first-order chi connectivity index (χ1) is 12.9. The predicted octanol–water partition coefficient (Wildman–Crippen LogP) is 2.23. The van der Waals surface area contributed by atoms with E-state index in [9.17, 15) is 14.9 Å². The molecule has 0 unspecified atom stereocenters. The second kappa shape index (κ2) is 7.04. The van der Waals surface area contributed by atoms with Gasteiger partial charge in [-0.1, -0.05) is 36.4 Å². The number of aromatic nitrogens is 1. The Kier molecular flexibility index (Phi) is 4.78. The zero-order chi connectivity index (χ0) is 19.6. The molecule has 1 aromatic heterocycles. The van der Waals surface area contributed by atoms with Crippen molar-refractivity contribution in [2.24, 2.45) is 0 Å². The van der Waals surface area contributed by atoms with Crippen LogP contribution in [0.15, 0.2) is 54.4 Å². The van der Waals surface area contributed by atoms with Crippen LogP contribution in [0.25, 0.3) is 6.08 Å². The van der Waals surface area contributed by atoms with Gasteiger partial charge >= 0.3 is 0 Å². The molecule has 1 aliphatic heterocycles. The zero-order valence-corrected chi connectivity index (χ0v) is 15.5. The van der Waals surface area contributed by atoms with E-state index in [1.54, 1.807) is 39.2 Å². The number of hydrogen-bond donors (Lipinski definition) is 0. The van der Waals surface area contributed by atoms with Crippen LogP contribution in [-0.2, 0) is 16.0 Å². The highest BCUT2D eigenvalue weighted by atomic mass is 16.2. The normalized spacial score (nSPS) is 21.5. The Bertz CT molecular complexity index is 962. The minimum Gasteiger partial charge on any atom is -0.326 e. The van der Waals surface area contributed by atoms with E-state index in [1.807, 2.05) is 36.4 Å². The molecular weight excluding hydrogens is 340 g/mol. The molecule has 0 bridgehead atoms. The summed E-state index contributed by atoms with van der Waals surface area (Å²) in [5.41, 5.74) is 0.921. The second-order valence-electron chi connectivity index (χ2n) is 6.75. The van der Waals surface area contributed by atoms with Crippen molar-refractivity contribution in [1.82, 2.24) is 14.8 Å².